The number of aromatic nitrogens is 5. The van der Waals surface area contributed by atoms with Gasteiger partial charge in [-0.05, 0) is 43.2 Å². The summed E-state index contributed by atoms with van der Waals surface area (Å²) in [7, 11) is 0. The number of nitrogens with zero attached hydrogens (tertiary/aromatic N) is 3. The molecule has 0 radical (unpaired) electrons. The highest BCUT2D eigenvalue weighted by atomic mass is 32.2. The molecule has 0 saturated carbocycles. The molecule has 0 aliphatic carbocycles. The summed E-state index contributed by atoms with van der Waals surface area (Å²) < 4.78 is 41.5. The third-order valence-electron chi connectivity index (χ3n) is 5.31. The lowest BCUT2D eigenvalue weighted by atomic mass is 10.1. The van der Waals surface area contributed by atoms with E-state index in [-0.39, 0.29) is 17.9 Å². The number of hydrogen-bond donors (Lipinski definition) is 3. The van der Waals surface area contributed by atoms with E-state index in [0.29, 0.717) is 16.7 Å². The molecule has 37 heavy (non-hydrogen) atoms. The number of hydrogen-bond acceptors (Lipinski definition) is 6. The zero-order chi connectivity index (χ0) is 26.7. The van der Waals surface area contributed by atoms with Crippen molar-refractivity contribution in [2.45, 2.75) is 31.6 Å². The lowest BCUT2D eigenvalue weighted by molar-refractivity contribution is -0.137. The molecule has 0 bridgehead atoms. The normalized spacial score (nSPS) is 11.5. The number of nitrogens with one attached hydrogen (secondary N) is 3. The van der Waals surface area contributed by atoms with Crippen molar-refractivity contribution < 1.29 is 18.0 Å². The maximum Gasteiger partial charge on any atom is 0.418 e. The van der Waals surface area contributed by atoms with E-state index in [0.717, 1.165) is 34.6 Å². The summed E-state index contributed by atoms with van der Waals surface area (Å²) in [5, 5.41) is 11.0. The topological polar surface area (TPSA) is 126 Å². The summed E-state index contributed by atoms with van der Waals surface area (Å²) in [6, 6.07) is 11.7. The van der Waals surface area contributed by atoms with Gasteiger partial charge in [-0.25, -0.2) is 4.79 Å². The highest BCUT2D eigenvalue weighted by Gasteiger charge is 2.33. The Morgan fingerprint density at radius 1 is 1.05 bits per heavy atom. The van der Waals surface area contributed by atoms with Crippen LogP contribution < -0.4 is 16.6 Å². The number of carbonyl (C=O) groups excluding carboxylic acids is 1. The van der Waals surface area contributed by atoms with Gasteiger partial charge in [0.15, 0.2) is 5.16 Å². The monoisotopic (exact) mass is 530 g/mol. The van der Waals surface area contributed by atoms with E-state index < -0.39 is 28.9 Å². The summed E-state index contributed by atoms with van der Waals surface area (Å²) in [5.74, 6) is -0.505. The second-order valence-corrected chi connectivity index (χ2v) is 9.14. The fraction of sp³-hybridized carbons (Fsp3) is 0.208. The summed E-state index contributed by atoms with van der Waals surface area (Å²) in [6.07, 6.45) is -4.56. The van der Waals surface area contributed by atoms with Crippen molar-refractivity contribution in [2.75, 3.05) is 11.1 Å². The molecule has 0 atom stereocenters. The van der Waals surface area contributed by atoms with Crippen molar-refractivity contribution in [3.05, 3.63) is 97.6 Å². The average molecular weight is 531 g/mol. The SMILES string of the molecule is Cc1ccc(C)c(-n2c(Cc3cc(=O)[nH]c(=O)[nH]3)nnc2SCC(=O)Nc2ccccc2C(F)(F)F)c1. The lowest BCUT2D eigenvalue weighted by Crippen LogP contribution is -2.23. The Kier molecular flexibility index (Phi) is 7.34. The van der Waals surface area contributed by atoms with Gasteiger partial charge in [-0.15, -0.1) is 10.2 Å². The van der Waals surface area contributed by atoms with Crippen LogP contribution in [0.5, 0.6) is 0 Å². The summed E-state index contributed by atoms with van der Waals surface area (Å²) >= 11 is 0.991. The maximum absolute atomic E-state index is 13.3. The molecule has 9 nitrogen and oxygen atoms in total. The van der Waals surface area contributed by atoms with Crippen LogP contribution in [-0.2, 0) is 17.4 Å². The fourth-order valence-electron chi connectivity index (χ4n) is 3.65. The zero-order valence-electron chi connectivity index (χ0n) is 19.6. The first kappa shape index (κ1) is 25.9. The van der Waals surface area contributed by atoms with Crippen LogP contribution in [0, 0.1) is 13.8 Å². The van der Waals surface area contributed by atoms with Gasteiger partial charge < -0.3 is 10.3 Å². The zero-order valence-corrected chi connectivity index (χ0v) is 20.5. The number of carbonyl (C=O) groups is 1. The van der Waals surface area contributed by atoms with Crippen LogP contribution in [0.4, 0.5) is 18.9 Å². The molecule has 192 valence electrons. The molecule has 0 aliphatic heterocycles. The Morgan fingerprint density at radius 2 is 1.81 bits per heavy atom. The molecule has 2 aromatic heterocycles. The number of thioether (sulfide) groups is 1. The quantitative estimate of drug-likeness (QED) is 0.314. The fourth-order valence-corrected chi connectivity index (χ4v) is 4.41. The molecule has 2 aromatic carbocycles. The highest BCUT2D eigenvalue weighted by molar-refractivity contribution is 7.99. The Hall–Kier alpha value is -4.13. The number of aryl methyl sites for hydroxylation is 2. The van der Waals surface area contributed by atoms with Gasteiger partial charge in [0.2, 0.25) is 5.91 Å². The Morgan fingerprint density at radius 3 is 2.54 bits per heavy atom. The Bertz CT molecular complexity index is 1550. The number of rotatable bonds is 7. The number of amides is 1. The predicted molar refractivity (Wildman–Crippen MR) is 132 cm³/mol. The lowest BCUT2D eigenvalue weighted by Gasteiger charge is -2.15. The second kappa shape index (κ2) is 10.5. The van der Waals surface area contributed by atoms with E-state index in [1.54, 1.807) is 4.57 Å². The van der Waals surface area contributed by atoms with Crippen molar-refractivity contribution in [2.24, 2.45) is 0 Å². The molecular weight excluding hydrogens is 509 g/mol. The van der Waals surface area contributed by atoms with Crippen LogP contribution in [0.2, 0.25) is 0 Å². The third-order valence-corrected chi connectivity index (χ3v) is 6.24. The van der Waals surface area contributed by atoms with Gasteiger partial charge in [-0.1, -0.05) is 36.0 Å². The smallest absolute Gasteiger partial charge is 0.325 e. The minimum Gasteiger partial charge on any atom is -0.325 e. The van der Waals surface area contributed by atoms with Crippen LogP contribution in [-0.4, -0.2) is 36.4 Å². The molecule has 2 heterocycles. The molecule has 4 rings (SSSR count). The van der Waals surface area contributed by atoms with Crippen LogP contribution >= 0.6 is 11.8 Å². The number of alkyl halides is 3. The molecule has 13 heteroatoms. The van der Waals surface area contributed by atoms with Gasteiger partial charge >= 0.3 is 11.9 Å². The molecule has 0 unspecified atom stereocenters. The van der Waals surface area contributed by atoms with Crippen molar-refractivity contribution in [3.8, 4) is 5.69 Å². The number of benzene rings is 2. The summed E-state index contributed by atoms with van der Waals surface area (Å²) in [6.45, 7) is 3.78. The average Bonchev–Trinajstić information content (AvgIpc) is 3.20. The predicted octanol–water partition coefficient (Wildman–Crippen LogP) is 3.60. The minimum atomic E-state index is -4.62. The van der Waals surface area contributed by atoms with Crippen LogP contribution in [0.3, 0.4) is 0 Å². The largest absolute Gasteiger partial charge is 0.418 e. The summed E-state index contributed by atoms with van der Waals surface area (Å²) in [4.78, 5) is 40.7. The maximum atomic E-state index is 13.3. The minimum absolute atomic E-state index is 0.0608. The molecular formula is C24H21F3N6O3S. The summed E-state index contributed by atoms with van der Waals surface area (Å²) in [5.41, 5.74) is 0.339. The number of para-hydroxylation sites is 1. The number of anilines is 1. The van der Waals surface area contributed by atoms with Crippen LogP contribution in [0.15, 0.2) is 63.3 Å². The van der Waals surface area contributed by atoms with E-state index in [2.05, 4.69) is 25.5 Å². The molecule has 4 aromatic rings. The molecule has 1 amide bonds. The number of halogens is 3. The number of aromatic amines is 2. The van der Waals surface area contributed by atoms with Crippen molar-refractivity contribution >= 4 is 23.4 Å². The van der Waals surface area contributed by atoms with Gasteiger partial charge in [0.05, 0.1) is 22.7 Å². The molecule has 0 saturated heterocycles. The van der Waals surface area contributed by atoms with Gasteiger partial charge in [-0.3, -0.25) is 19.1 Å². The Labute approximate surface area is 212 Å². The van der Waals surface area contributed by atoms with Gasteiger partial charge in [-0.2, -0.15) is 13.2 Å². The van der Waals surface area contributed by atoms with Crippen LogP contribution in [0.1, 0.15) is 28.2 Å². The second-order valence-electron chi connectivity index (χ2n) is 8.19. The molecule has 0 spiro atoms. The highest BCUT2D eigenvalue weighted by Crippen LogP contribution is 2.34. The first-order chi connectivity index (χ1) is 17.5. The van der Waals surface area contributed by atoms with E-state index in [1.807, 2.05) is 32.0 Å². The van der Waals surface area contributed by atoms with Gasteiger partial charge in [0.1, 0.15) is 5.82 Å². The van der Waals surface area contributed by atoms with Crippen molar-refractivity contribution in [1.29, 1.82) is 0 Å². The van der Waals surface area contributed by atoms with Gasteiger partial charge in [0.25, 0.3) is 5.56 Å². The first-order valence-electron chi connectivity index (χ1n) is 10.9. The van der Waals surface area contributed by atoms with Crippen molar-refractivity contribution in [1.82, 2.24) is 24.7 Å². The molecule has 3 N–H and O–H groups in total. The van der Waals surface area contributed by atoms with E-state index >= 15 is 0 Å². The number of H-pyrrole nitrogens is 2. The van der Waals surface area contributed by atoms with Crippen LogP contribution in [0.25, 0.3) is 5.69 Å². The first-order valence-corrected chi connectivity index (χ1v) is 11.9. The Balaban J connectivity index is 1.63. The molecule has 0 aliphatic rings. The van der Waals surface area contributed by atoms with E-state index in [9.17, 15) is 27.6 Å². The van der Waals surface area contributed by atoms with E-state index in [1.165, 1.54) is 24.3 Å². The van der Waals surface area contributed by atoms with Crippen molar-refractivity contribution in [3.63, 3.8) is 0 Å². The third kappa shape index (κ3) is 6.17. The standard InChI is InChI=1S/C24H21F3N6O3S/c1-13-7-8-14(2)18(9-13)33-19(10-15-11-20(34)30-22(36)28-15)31-32-23(33)37-12-21(35)29-17-6-4-3-5-16(17)24(25,26)27/h3-9,11H,10,12H2,1-2H3,(H,29,35)(H2,28,30,34,36). The van der Waals surface area contributed by atoms with Gasteiger partial charge in [0, 0.05) is 18.2 Å². The molecule has 0 fully saturated rings. The van der Waals surface area contributed by atoms with E-state index in [4.69, 9.17) is 0 Å².